The predicted octanol–water partition coefficient (Wildman–Crippen LogP) is 1.83. The van der Waals surface area contributed by atoms with Crippen molar-refractivity contribution < 1.29 is 4.92 Å². The van der Waals surface area contributed by atoms with Crippen LogP contribution in [0.4, 0.5) is 5.69 Å². The Bertz CT molecular complexity index is 301. The normalized spacial score (nSPS) is 9.64. The molecule has 0 amide bonds. The van der Waals surface area contributed by atoms with E-state index in [0.29, 0.717) is 5.56 Å². The minimum Gasteiger partial charge on any atom is -0.258 e. The molecule has 0 saturated heterocycles. The van der Waals surface area contributed by atoms with Gasteiger partial charge in [0.2, 0.25) is 5.15 Å². The second-order valence-corrected chi connectivity index (χ2v) is 2.27. The number of nitro groups is 1. The first-order chi connectivity index (χ1) is 5.11. The predicted molar refractivity (Wildman–Crippen MR) is 40.4 cm³/mol. The Morgan fingerprint density at radius 1 is 1.73 bits per heavy atom. The zero-order valence-corrected chi connectivity index (χ0v) is 6.21. The molecule has 5 heteroatoms. The molecule has 0 aliphatic rings. The summed E-state index contributed by atoms with van der Waals surface area (Å²) in [6, 6.07) is 1.27. The molecule has 0 aromatic carbocycles. The van der Waals surface area contributed by atoms with E-state index < -0.39 is 4.92 Å². The van der Waals surface area contributed by atoms with Crippen molar-refractivity contribution in [2.24, 2.45) is 0 Å². The quantitative estimate of drug-likeness (QED) is 0.368. The molecule has 1 radical (unpaired) electrons. The number of aromatic nitrogens is 1. The molecule has 0 bridgehead atoms. The van der Waals surface area contributed by atoms with Gasteiger partial charge in [0.25, 0.3) is 0 Å². The van der Waals surface area contributed by atoms with Crippen LogP contribution in [0.25, 0.3) is 0 Å². The summed E-state index contributed by atoms with van der Waals surface area (Å²) in [4.78, 5) is 13.2. The van der Waals surface area contributed by atoms with Crippen LogP contribution in [0, 0.1) is 17.0 Å². The van der Waals surface area contributed by atoms with Gasteiger partial charge in [-0.2, -0.15) is 0 Å². The largest absolute Gasteiger partial charge is 0.306 e. The van der Waals surface area contributed by atoms with Crippen molar-refractivity contribution in [1.29, 1.82) is 0 Å². The standard InChI is InChI=1S/C6H4ClN2O2/c1-4-2-5(9(10)11)6(7)8-3-4/h2-3H,1H2. The van der Waals surface area contributed by atoms with Crippen LogP contribution in [0.5, 0.6) is 0 Å². The summed E-state index contributed by atoms with van der Waals surface area (Å²) in [5, 5.41) is 10.1. The van der Waals surface area contributed by atoms with E-state index in [4.69, 9.17) is 11.6 Å². The van der Waals surface area contributed by atoms with Gasteiger partial charge in [-0.3, -0.25) is 10.1 Å². The topological polar surface area (TPSA) is 56.0 Å². The zero-order chi connectivity index (χ0) is 8.43. The molecule has 0 spiro atoms. The van der Waals surface area contributed by atoms with Crippen LogP contribution in [-0.2, 0) is 0 Å². The molecule has 1 rings (SSSR count). The van der Waals surface area contributed by atoms with Crippen molar-refractivity contribution in [3.05, 3.63) is 40.0 Å². The lowest BCUT2D eigenvalue weighted by molar-refractivity contribution is -0.385. The van der Waals surface area contributed by atoms with Gasteiger partial charge in [-0.05, 0) is 12.5 Å². The molecule has 4 nitrogen and oxygen atoms in total. The molecule has 0 fully saturated rings. The maximum atomic E-state index is 10.2. The minimum atomic E-state index is -0.593. The van der Waals surface area contributed by atoms with E-state index in [1.54, 1.807) is 0 Å². The summed E-state index contributed by atoms with van der Waals surface area (Å²) < 4.78 is 0. The molecule has 57 valence electrons. The molecule has 1 aromatic heterocycles. The van der Waals surface area contributed by atoms with Gasteiger partial charge in [0.1, 0.15) is 0 Å². The molecule has 0 aliphatic carbocycles. The van der Waals surface area contributed by atoms with Crippen LogP contribution in [0.3, 0.4) is 0 Å². The lowest BCUT2D eigenvalue weighted by atomic mass is 10.3. The van der Waals surface area contributed by atoms with Crippen molar-refractivity contribution in [3.63, 3.8) is 0 Å². The fourth-order valence-corrected chi connectivity index (χ4v) is 0.779. The Balaban J connectivity index is 3.23. The fourth-order valence-electron chi connectivity index (χ4n) is 0.606. The van der Waals surface area contributed by atoms with Gasteiger partial charge in [-0.25, -0.2) is 4.98 Å². The molecular formula is C6H4ClN2O2. The number of nitrogens with zero attached hydrogens (tertiary/aromatic N) is 2. The lowest BCUT2D eigenvalue weighted by Crippen LogP contribution is -1.91. The van der Waals surface area contributed by atoms with E-state index in [9.17, 15) is 10.1 Å². The van der Waals surface area contributed by atoms with Crippen LogP contribution < -0.4 is 0 Å². The molecule has 0 N–H and O–H groups in total. The second kappa shape index (κ2) is 2.84. The van der Waals surface area contributed by atoms with Crippen LogP contribution >= 0.6 is 11.6 Å². The highest BCUT2D eigenvalue weighted by Gasteiger charge is 2.12. The number of rotatable bonds is 1. The van der Waals surface area contributed by atoms with E-state index in [2.05, 4.69) is 11.9 Å². The summed E-state index contributed by atoms with van der Waals surface area (Å²) in [5.41, 5.74) is 0.264. The van der Waals surface area contributed by atoms with Crippen molar-refractivity contribution in [2.45, 2.75) is 0 Å². The van der Waals surface area contributed by atoms with E-state index in [0.717, 1.165) is 0 Å². The first kappa shape index (κ1) is 7.94. The summed E-state index contributed by atoms with van der Waals surface area (Å²) in [6.07, 6.45) is 1.37. The Morgan fingerprint density at radius 3 is 2.82 bits per heavy atom. The molecule has 0 unspecified atom stereocenters. The van der Waals surface area contributed by atoms with Crippen molar-refractivity contribution in [3.8, 4) is 0 Å². The van der Waals surface area contributed by atoms with Crippen LogP contribution in [0.1, 0.15) is 5.56 Å². The lowest BCUT2D eigenvalue weighted by Gasteiger charge is -1.93. The van der Waals surface area contributed by atoms with Gasteiger partial charge in [0.05, 0.1) is 4.92 Å². The second-order valence-electron chi connectivity index (χ2n) is 1.91. The van der Waals surface area contributed by atoms with E-state index in [1.165, 1.54) is 12.3 Å². The zero-order valence-electron chi connectivity index (χ0n) is 5.45. The number of halogens is 1. The number of pyridine rings is 1. The molecule has 0 atom stereocenters. The maximum Gasteiger partial charge on any atom is 0.306 e. The third-order valence-electron chi connectivity index (χ3n) is 1.07. The Hall–Kier alpha value is -1.16. The molecule has 0 aliphatic heterocycles. The SMILES string of the molecule is [CH2]c1cnc(Cl)c([N+](=O)[O-])c1. The number of hydrogen-bond donors (Lipinski definition) is 0. The summed E-state index contributed by atoms with van der Waals surface area (Å²) >= 11 is 5.41. The van der Waals surface area contributed by atoms with E-state index >= 15 is 0 Å². The fraction of sp³-hybridized carbons (Fsp3) is 0. The van der Waals surface area contributed by atoms with Crippen LogP contribution in [0.15, 0.2) is 12.3 Å². The first-order valence-corrected chi connectivity index (χ1v) is 3.11. The average molecular weight is 172 g/mol. The Labute approximate surface area is 68.0 Å². The van der Waals surface area contributed by atoms with E-state index in [1.807, 2.05) is 0 Å². The highest BCUT2D eigenvalue weighted by atomic mass is 35.5. The van der Waals surface area contributed by atoms with Crippen molar-refractivity contribution >= 4 is 17.3 Å². The molecular weight excluding hydrogens is 168 g/mol. The average Bonchev–Trinajstić information content (AvgIpc) is 1.94. The van der Waals surface area contributed by atoms with Crippen molar-refractivity contribution in [1.82, 2.24) is 4.98 Å². The van der Waals surface area contributed by atoms with Gasteiger partial charge in [0.15, 0.2) is 0 Å². The summed E-state index contributed by atoms with van der Waals surface area (Å²) in [7, 11) is 0. The maximum absolute atomic E-state index is 10.2. The Morgan fingerprint density at radius 2 is 2.36 bits per heavy atom. The molecule has 1 aromatic rings. The van der Waals surface area contributed by atoms with Crippen molar-refractivity contribution in [2.75, 3.05) is 0 Å². The third kappa shape index (κ3) is 1.65. The van der Waals surface area contributed by atoms with Crippen LogP contribution in [-0.4, -0.2) is 9.91 Å². The van der Waals surface area contributed by atoms with E-state index in [-0.39, 0.29) is 10.8 Å². The van der Waals surface area contributed by atoms with Gasteiger partial charge in [-0.1, -0.05) is 11.6 Å². The molecule has 11 heavy (non-hydrogen) atoms. The first-order valence-electron chi connectivity index (χ1n) is 2.73. The highest BCUT2D eigenvalue weighted by Crippen LogP contribution is 2.21. The smallest absolute Gasteiger partial charge is 0.258 e. The summed E-state index contributed by atoms with van der Waals surface area (Å²) in [6.45, 7) is 3.48. The van der Waals surface area contributed by atoms with Gasteiger partial charge in [0, 0.05) is 12.3 Å². The van der Waals surface area contributed by atoms with Gasteiger partial charge < -0.3 is 0 Å². The van der Waals surface area contributed by atoms with Gasteiger partial charge in [-0.15, -0.1) is 0 Å². The number of hydrogen-bond acceptors (Lipinski definition) is 3. The third-order valence-corrected chi connectivity index (χ3v) is 1.37. The Kier molecular flexibility index (Phi) is 2.05. The monoisotopic (exact) mass is 171 g/mol. The highest BCUT2D eigenvalue weighted by molar-refractivity contribution is 6.31. The summed E-state index contributed by atoms with van der Waals surface area (Å²) in [5.74, 6) is 0. The van der Waals surface area contributed by atoms with Crippen LogP contribution in [0.2, 0.25) is 5.15 Å². The van der Waals surface area contributed by atoms with Gasteiger partial charge >= 0.3 is 5.69 Å². The minimum absolute atomic E-state index is 0.109. The molecule has 1 heterocycles. The molecule has 0 saturated carbocycles.